The van der Waals surface area contributed by atoms with Gasteiger partial charge in [0.2, 0.25) is 0 Å². The van der Waals surface area contributed by atoms with Crippen molar-refractivity contribution in [1.29, 1.82) is 0 Å². The van der Waals surface area contributed by atoms with E-state index >= 15 is 0 Å². The summed E-state index contributed by atoms with van der Waals surface area (Å²) in [4.78, 5) is 11.2. The van der Waals surface area contributed by atoms with E-state index < -0.39 is 0 Å². The molecule has 0 spiro atoms. The maximum atomic E-state index is 11.2. The summed E-state index contributed by atoms with van der Waals surface area (Å²) in [5, 5.41) is 5.10. The summed E-state index contributed by atoms with van der Waals surface area (Å²) in [7, 11) is 3.57. The van der Waals surface area contributed by atoms with Crippen molar-refractivity contribution in [2.24, 2.45) is 7.05 Å². The number of nitrogens with zero attached hydrogens (tertiary/aromatic N) is 2. The number of hydrogen-bond acceptors (Lipinski definition) is 3. The Labute approximate surface area is 134 Å². The van der Waals surface area contributed by atoms with E-state index in [1.165, 1.54) is 0 Å². The largest absolute Gasteiger partial charge is 0.496 e. The van der Waals surface area contributed by atoms with Gasteiger partial charge in [0.1, 0.15) is 12.0 Å². The molecule has 22 heavy (non-hydrogen) atoms. The van der Waals surface area contributed by atoms with E-state index in [4.69, 9.17) is 16.3 Å². The molecule has 0 fully saturated rings. The van der Waals surface area contributed by atoms with Crippen LogP contribution in [-0.4, -0.2) is 23.2 Å². The third kappa shape index (κ3) is 2.44. The van der Waals surface area contributed by atoms with E-state index in [2.05, 4.69) is 5.10 Å². The number of allylic oxidation sites excluding steroid dienone is 1. The highest BCUT2D eigenvalue weighted by Gasteiger charge is 2.25. The Morgan fingerprint density at radius 3 is 2.86 bits per heavy atom. The second-order valence-corrected chi connectivity index (χ2v) is 5.72. The zero-order valence-corrected chi connectivity index (χ0v) is 13.4. The van der Waals surface area contributed by atoms with Crippen molar-refractivity contribution in [3.63, 3.8) is 0 Å². The van der Waals surface area contributed by atoms with Gasteiger partial charge in [-0.3, -0.25) is 9.48 Å². The lowest BCUT2D eigenvalue weighted by Gasteiger charge is -2.14. The third-order valence-electron chi connectivity index (χ3n) is 4.06. The number of carbonyl (C=O) groups is 1. The monoisotopic (exact) mass is 316 g/mol. The quantitative estimate of drug-likeness (QED) is 0.814. The van der Waals surface area contributed by atoms with Gasteiger partial charge in [0.25, 0.3) is 0 Å². The molecule has 0 aliphatic heterocycles. The van der Waals surface area contributed by atoms with Crippen LogP contribution in [0.5, 0.6) is 5.75 Å². The molecule has 3 rings (SSSR count). The molecule has 4 nitrogen and oxygen atoms in total. The first-order valence-corrected chi connectivity index (χ1v) is 7.54. The van der Waals surface area contributed by atoms with Crippen LogP contribution >= 0.6 is 11.6 Å². The van der Waals surface area contributed by atoms with Crippen molar-refractivity contribution < 1.29 is 9.53 Å². The molecule has 0 bridgehead atoms. The molecule has 0 radical (unpaired) electrons. The normalized spacial score (nSPS) is 14.0. The van der Waals surface area contributed by atoms with Crippen molar-refractivity contribution in [2.75, 3.05) is 7.11 Å². The number of fused-ring (bicyclic) bond motifs is 1. The van der Waals surface area contributed by atoms with Gasteiger partial charge >= 0.3 is 0 Å². The Hall–Kier alpha value is -2.07. The van der Waals surface area contributed by atoms with Crippen molar-refractivity contribution in [3.05, 3.63) is 52.4 Å². The molecular weight excluding hydrogens is 300 g/mol. The zero-order chi connectivity index (χ0) is 15.7. The molecule has 1 aliphatic carbocycles. The molecular formula is C17H17ClN2O2. The molecule has 0 saturated carbocycles. The molecule has 0 saturated heterocycles. The topological polar surface area (TPSA) is 44.1 Å². The summed E-state index contributed by atoms with van der Waals surface area (Å²) < 4.78 is 7.27. The Morgan fingerprint density at radius 1 is 1.36 bits per heavy atom. The molecule has 5 heteroatoms. The molecule has 0 amide bonds. The number of ether oxygens (including phenoxy) is 1. The van der Waals surface area contributed by atoms with Crippen LogP contribution < -0.4 is 4.74 Å². The van der Waals surface area contributed by atoms with Gasteiger partial charge in [-0.2, -0.15) is 5.10 Å². The molecule has 0 atom stereocenters. The lowest BCUT2D eigenvalue weighted by molar-refractivity contribution is -0.105. The fraction of sp³-hybridized carbons (Fsp3) is 0.294. The average Bonchev–Trinajstić information content (AvgIpc) is 2.85. The minimum absolute atomic E-state index is 0.536. The molecule has 0 unspecified atom stereocenters. The number of aryl methyl sites for hydroxylation is 2. The highest BCUT2D eigenvalue weighted by atomic mass is 35.5. The van der Waals surface area contributed by atoms with E-state index in [0.717, 1.165) is 41.0 Å². The van der Waals surface area contributed by atoms with Gasteiger partial charge < -0.3 is 4.74 Å². The lowest BCUT2D eigenvalue weighted by Crippen LogP contribution is -2.05. The summed E-state index contributed by atoms with van der Waals surface area (Å²) in [6.45, 7) is 0. The third-order valence-corrected chi connectivity index (χ3v) is 4.50. The number of benzene rings is 1. The van der Waals surface area contributed by atoms with Crippen LogP contribution in [-0.2, 0) is 24.7 Å². The van der Waals surface area contributed by atoms with Gasteiger partial charge in [-0.1, -0.05) is 29.8 Å². The predicted molar refractivity (Wildman–Crippen MR) is 86.2 cm³/mol. The zero-order valence-electron chi connectivity index (χ0n) is 12.6. The first kappa shape index (κ1) is 14.9. The fourth-order valence-corrected chi connectivity index (χ4v) is 3.27. The number of methoxy groups -OCH3 is 1. The maximum absolute atomic E-state index is 11.2. The van der Waals surface area contributed by atoms with E-state index in [1.54, 1.807) is 7.11 Å². The SMILES string of the molecule is COc1ccccc1Cc1c2c(nn1C)CCC(C=O)=C2Cl. The van der Waals surface area contributed by atoms with E-state index in [-0.39, 0.29) is 0 Å². The minimum atomic E-state index is 0.536. The summed E-state index contributed by atoms with van der Waals surface area (Å²) in [5.41, 5.74) is 4.59. The second kappa shape index (κ2) is 5.97. The predicted octanol–water partition coefficient (Wildman–Crippen LogP) is 3.11. The van der Waals surface area contributed by atoms with Crippen LogP contribution in [0.25, 0.3) is 5.03 Å². The van der Waals surface area contributed by atoms with Gasteiger partial charge in [0, 0.05) is 30.2 Å². The number of aromatic nitrogens is 2. The number of hydrogen-bond donors (Lipinski definition) is 0. The Bertz CT molecular complexity index is 762. The standard InChI is InChI=1S/C17H17ClN2O2/c1-20-14(9-11-5-3-4-6-15(11)22-2)16-13(19-20)8-7-12(10-21)17(16)18/h3-6,10H,7-9H2,1-2H3. The van der Waals surface area contributed by atoms with Crippen molar-refractivity contribution in [3.8, 4) is 5.75 Å². The van der Waals surface area contributed by atoms with Gasteiger partial charge in [0.05, 0.1) is 23.5 Å². The van der Waals surface area contributed by atoms with Crippen LogP contribution in [0.4, 0.5) is 0 Å². The van der Waals surface area contributed by atoms with Gasteiger partial charge in [-0.15, -0.1) is 0 Å². The number of para-hydroxylation sites is 1. The Kier molecular flexibility index (Phi) is 4.03. The van der Waals surface area contributed by atoms with Crippen molar-refractivity contribution in [2.45, 2.75) is 19.3 Å². The fourth-order valence-electron chi connectivity index (χ4n) is 2.91. The van der Waals surface area contributed by atoms with Crippen LogP contribution in [0.3, 0.4) is 0 Å². The Balaban J connectivity index is 2.08. The van der Waals surface area contributed by atoms with E-state index in [9.17, 15) is 4.79 Å². The van der Waals surface area contributed by atoms with Gasteiger partial charge in [-0.05, 0) is 18.9 Å². The average molecular weight is 317 g/mol. The summed E-state index contributed by atoms with van der Waals surface area (Å²) >= 11 is 6.44. The van der Waals surface area contributed by atoms with Crippen LogP contribution in [0.1, 0.15) is 28.9 Å². The molecule has 0 N–H and O–H groups in total. The number of rotatable bonds is 4. The number of halogens is 1. The van der Waals surface area contributed by atoms with Gasteiger partial charge in [-0.25, -0.2) is 0 Å². The summed E-state index contributed by atoms with van der Waals surface area (Å²) in [6, 6.07) is 7.89. The lowest BCUT2D eigenvalue weighted by atomic mass is 9.94. The molecule has 1 aromatic heterocycles. The number of carbonyl (C=O) groups excluding carboxylic acids is 1. The highest BCUT2D eigenvalue weighted by molar-refractivity contribution is 6.51. The second-order valence-electron chi connectivity index (χ2n) is 5.34. The molecule has 1 aromatic carbocycles. The number of aldehydes is 1. The molecule has 114 valence electrons. The van der Waals surface area contributed by atoms with Crippen LogP contribution in [0.15, 0.2) is 29.8 Å². The highest BCUT2D eigenvalue weighted by Crippen LogP contribution is 2.36. The first-order valence-electron chi connectivity index (χ1n) is 7.16. The molecule has 2 aromatic rings. The first-order chi connectivity index (χ1) is 10.7. The van der Waals surface area contributed by atoms with Crippen molar-refractivity contribution >= 4 is 22.9 Å². The summed E-state index contributed by atoms with van der Waals surface area (Å²) in [6.07, 6.45) is 2.91. The Morgan fingerprint density at radius 2 is 2.14 bits per heavy atom. The smallest absolute Gasteiger partial charge is 0.147 e. The van der Waals surface area contributed by atoms with Gasteiger partial charge in [0.15, 0.2) is 0 Å². The maximum Gasteiger partial charge on any atom is 0.147 e. The van der Waals surface area contributed by atoms with E-state index in [0.29, 0.717) is 23.4 Å². The molecule has 1 heterocycles. The minimum Gasteiger partial charge on any atom is -0.496 e. The van der Waals surface area contributed by atoms with Crippen molar-refractivity contribution in [1.82, 2.24) is 9.78 Å². The van der Waals surface area contributed by atoms with Crippen LogP contribution in [0.2, 0.25) is 0 Å². The van der Waals surface area contributed by atoms with Crippen LogP contribution in [0, 0.1) is 0 Å². The molecule has 1 aliphatic rings. The van der Waals surface area contributed by atoms with E-state index in [1.807, 2.05) is 36.0 Å². The summed E-state index contributed by atoms with van der Waals surface area (Å²) in [5.74, 6) is 0.837.